The Bertz CT molecular complexity index is 1750. The highest BCUT2D eigenvalue weighted by Crippen LogP contribution is 2.27. The van der Waals surface area contributed by atoms with Crippen LogP contribution in [0, 0.1) is 0 Å². The Morgan fingerprint density at radius 1 is 1.00 bits per heavy atom. The Kier molecular flexibility index (Phi) is 7.03. The van der Waals surface area contributed by atoms with E-state index in [1.807, 2.05) is 6.07 Å². The fourth-order valence-electron chi connectivity index (χ4n) is 4.57. The van der Waals surface area contributed by atoms with Crippen LogP contribution < -0.4 is 23.3 Å². The highest BCUT2D eigenvalue weighted by Gasteiger charge is 2.30. The fraction of sp³-hybridized carbons (Fsp3) is 0.148. The number of carbonyl (C=O) groups excluding carboxylic acids is 1. The quantitative estimate of drug-likeness (QED) is 0.346. The molecule has 40 heavy (non-hydrogen) atoms. The van der Waals surface area contributed by atoms with Crippen molar-refractivity contribution in [3.05, 3.63) is 94.7 Å². The number of alkyl halides is 3. The molecule has 0 unspecified atom stereocenters. The topological polar surface area (TPSA) is 109 Å². The molecule has 0 aliphatic carbocycles. The first-order chi connectivity index (χ1) is 18.7. The third kappa shape index (κ3) is 5.38. The molecule has 0 bridgehead atoms. The van der Waals surface area contributed by atoms with E-state index in [0.29, 0.717) is 40.0 Å². The Balaban J connectivity index is 0.00000194. The van der Waals surface area contributed by atoms with Crippen molar-refractivity contribution in [3.63, 3.8) is 0 Å². The van der Waals surface area contributed by atoms with E-state index in [-0.39, 0.29) is 31.1 Å². The van der Waals surface area contributed by atoms with Gasteiger partial charge >= 0.3 is 13.6 Å². The predicted octanol–water partition coefficient (Wildman–Crippen LogP) is 2.08. The van der Waals surface area contributed by atoms with Crippen LogP contribution >= 0.6 is 0 Å². The molecule has 1 aliphatic heterocycles. The van der Waals surface area contributed by atoms with Crippen molar-refractivity contribution in [2.75, 3.05) is 5.32 Å². The lowest BCUT2D eigenvalue weighted by Gasteiger charge is -2.17. The zero-order chi connectivity index (χ0) is 27.1. The molecule has 5 aromatic rings. The number of aromatic nitrogens is 5. The van der Waals surface area contributed by atoms with Gasteiger partial charge in [0.2, 0.25) is 0 Å². The molecule has 0 saturated heterocycles. The maximum atomic E-state index is 13.3. The number of rotatable bonds is 4. The van der Waals surface area contributed by atoms with E-state index in [0.717, 1.165) is 16.6 Å². The number of H-pyrrole nitrogens is 1. The summed E-state index contributed by atoms with van der Waals surface area (Å²) in [4.78, 5) is 31.5. The van der Waals surface area contributed by atoms with Crippen molar-refractivity contribution < 1.29 is 31.8 Å². The van der Waals surface area contributed by atoms with Crippen LogP contribution in [-0.4, -0.2) is 42.1 Å². The number of hydrogen-bond donors (Lipinski definition) is 2. The van der Waals surface area contributed by atoms with Crippen molar-refractivity contribution in [1.82, 2.24) is 29.9 Å². The lowest BCUT2D eigenvalue weighted by atomic mass is 10.0. The molecule has 3 aromatic heterocycles. The van der Waals surface area contributed by atoms with Crippen LogP contribution in [-0.2, 0) is 19.6 Å². The first-order valence-corrected chi connectivity index (χ1v) is 11.9. The molecule has 2 amide bonds. The summed E-state index contributed by atoms with van der Waals surface area (Å²) < 4.78 is 40.3. The molecular formula is C27H21ClF3N7O2. The molecule has 9 nitrogen and oxygen atoms in total. The van der Waals surface area contributed by atoms with Gasteiger partial charge in [0.1, 0.15) is 6.54 Å². The number of hydrogen-bond acceptors (Lipinski definition) is 5. The molecular weight excluding hydrogens is 547 g/mol. The van der Waals surface area contributed by atoms with Gasteiger partial charge in [0.05, 0.1) is 23.0 Å². The number of fused-ring (bicyclic) bond motifs is 2. The molecule has 0 spiro atoms. The molecule has 0 radical (unpaired) electrons. The second-order valence-electron chi connectivity index (χ2n) is 9.20. The average Bonchev–Trinajstić information content (AvgIpc) is 3.56. The second kappa shape index (κ2) is 10.5. The van der Waals surface area contributed by atoms with Gasteiger partial charge < -0.3 is 22.6 Å². The van der Waals surface area contributed by atoms with Gasteiger partial charge in [0.15, 0.2) is 0 Å². The number of nitrogens with one attached hydrogen (secondary N) is 2. The summed E-state index contributed by atoms with van der Waals surface area (Å²) in [6.07, 6.45) is 0.358. The van der Waals surface area contributed by atoms with E-state index in [1.165, 1.54) is 6.07 Å². The summed E-state index contributed by atoms with van der Waals surface area (Å²) in [6.45, 7) is -0.604. The third-order valence-electron chi connectivity index (χ3n) is 6.50. The summed E-state index contributed by atoms with van der Waals surface area (Å²) in [5.74, 6) is 0. The van der Waals surface area contributed by atoms with E-state index >= 15 is 0 Å². The van der Waals surface area contributed by atoms with Crippen molar-refractivity contribution in [2.45, 2.75) is 25.8 Å². The van der Waals surface area contributed by atoms with Crippen molar-refractivity contribution in [2.24, 2.45) is 0 Å². The monoisotopic (exact) mass is 567 g/mol. The van der Waals surface area contributed by atoms with Gasteiger partial charge in [-0.2, -0.15) is 23.4 Å². The lowest BCUT2D eigenvalue weighted by Crippen LogP contribution is -3.00. The number of pyridine rings is 1. The van der Waals surface area contributed by atoms with Crippen LogP contribution in [0.4, 0.5) is 23.7 Å². The first kappa shape index (κ1) is 26.9. The van der Waals surface area contributed by atoms with Crippen molar-refractivity contribution in [3.8, 4) is 22.4 Å². The van der Waals surface area contributed by atoms with E-state index in [4.69, 9.17) is 0 Å². The molecule has 2 N–H and O–H groups in total. The zero-order valence-electron chi connectivity index (χ0n) is 21.6. The van der Waals surface area contributed by atoms with Crippen LogP contribution in [0.25, 0.3) is 33.3 Å². The van der Waals surface area contributed by atoms with Gasteiger partial charge in [-0.15, -0.1) is 0 Å². The Morgan fingerprint density at radius 3 is 2.50 bits per heavy atom. The van der Waals surface area contributed by atoms with Crippen molar-refractivity contribution >= 4 is 22.6 Å². The number of benzene rings is 2. The van der Waals surface area contributed by atoms with Crippen LogP contribution in [0.15, 0.2) is 78.0 Å². The van der Waals surface area contributed by atoms with Gasteiger partial charge in [-0.1, -0.05) is 18.2 Å². The number of urea groups is 1. The Labute approximate surface area is 232 Å². The van der Waals surface area contributed by atoms with E-state index in [1.54, 1.807) is 66.0 Å². The third-order valence-corrected chi connectivity index (χ3v) is 6.50. The van der Waals surface area contributed by atoms with E-state index < -0.39 is 18.3 Å². The maximum absolute atomic E-state index is 13.3. The van der Waals surface area contributed by atoms with Crippen LogP contribution in [0.3, 0.4) is 0 Å². The number of carbonyl (C=O) groups is 1. The average molecular weight is 568 g/mol. The van der Waals surface area contributed by atoms with Crippen LogP contribution in [0.5, 0.6) is 0 Å². The summed E-state index contributed by atoms with van der Waals surface area (Å²) in [5, 5.41) is 14.3. The highest BCUT2D eigenvalue weighted by molar-refractivity contribution is 5.90. The molecule has 204 valence electrons. The summed E-state index contributed by atoms with van der Waals surface area (Å²) in [5.41, 5.74) is 3.60. The second-order valence-corrected chi connectivity index (χ2v) is 9.20. The number of anilines is 1. The summed E-state index contributed by atoms with van der Waals surface area (Å²) in [6, 6.07) is 14.6. The first-order valence-electron chi connectivity index (χ1n) is 11.9. The van der Waals surface area contributed by atoms with Gasteiger partial charge in [-0.3, -0.25) is 14.9 Å². The normalized spacial score (nSPS) is 12.7. The minimum atomic E-state index is -4.64. The SMILES string of the molecule is O=C(Nc1ccc(-c2cc(-c3ccc4[nH]ncc4c3)c(=O)n(CC(F)(F)F)n2)cc1)N1Cc2ccncc2C1.[Cl-].[H+]. The largest absolute Gasteiger partial charge is 1.00 e. The van der Waals surface area contributed by atoms with Gasteiger partial charge in [-0.05, 0) is 53.1 Å². The number of halogens is 4. The molecule has 13 heteroatoms. The van der Waals surface area contributed by atoms with Crippen molar-refractivity contribution in [1.29, 1.82) is 0 Å². The Hall–Kier alpha value is -4.71. The number of aromatic amines is 1. The molecule has 6 rings (SSSR count). The van der Waals surface area contributed by atoms with Gasteiger partial charge in [0.25, 0.3) is 5.56 Å². The molecule has 1 aliphatic rings. The summed E-state index contributed by atoms with van der Waals surface area (Å²) in [7, 11) is 0. The predicted molar refractivity (Wildman–Crippen MR) is 139 cm³/mol. The molecule has 2 aromatic carbocycles. The fourth-order valence-corrected chi connectivity index (χ4v) is 4.57. The van der Waals surface area contributed by atoms with Gasteiger partial charge in [0, 0.05) is 42.1 Å². The van der Waals surface area contributed by atoms with E-state index in [2.05, 4.69) is 25.6 Å². The summed E-state index contributed by atoms with van der Waals surface area (Å²) >= 11 is 0. The minimum absolute atomic E-state index is 0. The van der Waals surface area contributed by atoms with Crippen LogP contribution in [0.2, 0.25) is 0 Å². The lowest BCUT2D eigenvalue weighted by molar-refractivity contribution is -0.143. The van der Waals surface area contributed by atoms with Crippen LogP contribution in [0.1, 0.15) is 12.6 Å². The molecule has 0 saturated carbocycles. The smallest absolute Gasteiger partial charge is 1.00 e. The Morgan fingerprint density at radius 2 is 1.75 bits per heavy atom. The molecule has 4 heterocycles. The number of amides is 2. The molecule has 0 fully saturated rings. The standard InChI is InChI=1S/C27H20F3N7O2.ClH/c28-27(29,30)15-37-25(38)22(17-3-6-23-19(9-17)12-32-34-23)10-24(35-37)16-1-4-21(5-2-16)33-26(39)36-13-18-7-8-31-11-20(18)14-36;/h1-12H,13-15H2,(H,32,34)(H,33,39);1H. The zero-order valence-corrected chi connectivity index (χ0v) is 21.4. The van der Waals surface area contributed by atoms with Gasteiger partial charge in [-0.25, -0.2) is 9.48 Å². The number of nitrogens with zero attached hydrogens (tertiary/aromatic N) is 5. The minimum Gasteiger partial charge on any atom is -1.00 e. The highest BCUT2D eigenvalue weighted by atomic mass is 35.5. The van der Waals surface area contributed by atoms with E-state index in [9.17, 15) is 22.8 Å². The molecule has 0 atom stereocenters. The maximum Gasteiger partial charge on any atom is 1.00 e.